The van der Waals surface area contributed by atoms with Crippen LogP contribution < -0.4 is 10.2 Å². The fourth-order valence-electron chi connectivity index (χ4n) is 6.75. The quantitative estimate of drug-likeness (QED) is 0.446. The van der Waals surface area contributed by atoms with Crippen LogP contribution in [0.2, 0.25) is 0 Å². The summed E-state index contributed by atoms with van der Waals surface area (Å²) in [5.74, 6) is 0.143. The van der Waals surface area contributed by atoms with Crippen molar-refractivity contribution in [3.05, 3.63) is 53.2 Å². The Balaban J connectivity index is 1.01. The van der Waals surface area contributed by atoms with E-state index in [2.05, 4.69) is 51.5 Å². The summed E-state index contributed by atoms with van der Waals surface area (Å²) in [7, 11) is 0. The molecular formula is C31H42N4O4. The zero-order valence-corrected chi connectivity index (χ0v) is 22.9. The van der Waals surface area contributed by atoms with Gasteiger partial charge in [0.1, 0.15) is 5.82 Å². The Labute approximate surface area is 231 Å². The molecule has 4 aliphatic rings. The number of anilines is 2. The van der Waals surface area contributed by atoms with Crippen LogP contribution in [0.1, 0.15) is 61.3 Å². The average molecular weight is 535 g/mol. The molecule has 210 valence electrons. The Morgan fingerprint density at radius 3 is 3.03 bits per heavy atom. The summed E-state index contributed by atoms with van der Waals surface area (Å²) in [6, 6.07) is 13.3. The first-order valence-corrected chi connectivity index (χ1v) is 14.9. The number of rotatable bonds is 11. The first kappa shape index (κ1) is 26.5. The summed E-state index contributed by atoms with van der Waals surface area (Å²) < 4.78 is 12.2. The van der Waals surface area contributed by atoms with Gasteiger partial charge in [0.05, 0.1) is 37.9 Å². The van der Waals surface area contributed by atoms with Gasteiger partial charge in [-0.25, -0.2) is 4.98 Å². The number of pyridine rings is 1. The van der Waals surface area contributed by atoms with Crippen molar-refractivity contribution in [1.82, 2.24) is 9.88 Å². The highest BCUT2D eigenvalue weighted by Crippen LogP contribution is 2.34. The summed E-state index contributed by atoms with van der Waals surface area (Å²) in [6.07, 6.45) is 8.17. The number of nitrogens with zero attached hydrogens (tertiary/aromatic N) is 3. The lowest BCUT2D eigenvalue weighted by Crippen LogP contribution is -2.40. The van der Waals surface area contributed by atoms with Gasteiger partial charge in [-0.1, -0.05) is 18.2 Å². The lowest BCUT2D eigenvalue weighted by Gasteiger charge is -2.33. The molecule has 8 nitrogen and oxygen atoms in total. The lowest BCUT2D eigenvalue weighted by atomic mass is 9.95. The summed E-state index contributed by atoms with van der Waals surface area (Å²) in [6.45, 7) is 6.22. The number of hydrogen-bond donors (Lipinski definition) is 2. The predicted molar refractivity (Wildman–Crippen MR) is 152 cm³/mol. The van der Waals surface area contributed by atoms with Crippen LogP contribution in [0.15, 0.2) is 36.4 Å². The fourth-order valence-corrected chi connectivity index (χ4v) is 6.75. The molecule has 3 fully saturated rings. The van der Waals surface area contributed by atoms with E-state index in [9.17, 15) is 9.90 Å². The third kappa shape index (κ3) is 6.56. The minimum atomic E-state index is -0.779. The van der Waals surface area contributed by atoms with Crippen molar-refractivity contribution in [2.24, 2.45) is 0 Å². The SMILES string of the molecule is O=C(O)C[C@H](CO[C@@H]1CCCN(CCCc2ccc3c(n2)NCCC3)C1)c1cccc(N2CC3CC2CO3)c1. The van der Waals surface area contributed by atoms with Gasteiger partial charge in [-0.2, -0.15) is 0 Å². The van der Waals surface area contributed by atoms with Crippen molar-refractivity contribution in [2.75, 3.05) is 56.2 Å². The van der Waals surface area contributed by atoms with Crippen LogP contribution in [0.25, 0.3) is 0 Å². The van der Waals surface area contributed by atoms with Crippen molar-refractivity contribution in [3.8, 4) is 0 Å². The number of carboxylic acid groups (broad SMARTS) is 1. The van der Waals surface area contributed by atoms with Gasteiger partial charge in [0.15, 0.2) is 0 Å². The number of morpholine rings is 1. The molecule has 39 heavy (non-hydrogen) atoms. The van der Waals surface area contributed by atoms with Crippen LogP contribution >= 0.6 is 0 Å². The summed E-state index contributed by atoms with van der Waals surface area (Å²) in [5.41, 5.74) is 4.73. The van der Waals surface area contributed by atoms with Crippen LogP contribution in [0.5, 0.6) is 0 Å². The Kier molecular flexibility index (Phi) is 8.32. The number of ether oxygens (including phenoxy) is 2. The molecule has 2 unspecified atom stereocenters. The number of benzene rings is 1. The first-order chi connectivity index (χ1) is 19.1. The number of likely N-dealkylation sites (tertiary alicyclic amines) is 1. The number of hydrogen-bond acceptors (Lipinski definition) is 7. The van der Waals surface area contributed by atoms with E-state index in [1.807, 2.05) is 0 Å². The predicted octanol–water partition coefficient (Wildman–Crippen LogP) is 4.09. The first-order valence-electron chi connectivity index (χ1n) is 14.9. The van der Waals surface area contributed by atoms with Crippen molar-refractivity contribution in [3.63, 3.8) is 0 Å². The standard InChI is InChI=1S/C31H42N4O4/c36-30(37)16-24(23-5-1-8-26(15-23)35-19-29-17-27(35)21-39-29)20-38-28-9-4-14-34(18-28)13-3-7-25-11-10-22-6-2-12-32-31(22)33-25/h1,5,8,10-11,15,24,27-29H,2-4,6-7,9,12-14,16-21H2,(H,32,33)(H,36,37)/t24-,27?,28-,29?/m1/s1. The smallest absolute Gasteiger partial charge is 0.304 e. The highest BCUT2D eigenvalue weighted by Gasteiger charge is 2.39. The molecular weight excluding hydrogens is 492 g/mol. The molecule has 1 aromatic heterocycles. The maximum atomic E-state index is 11.7. The Hall–Kier alpha value is -2.68. The van der Waals surface area contributed by atoms with E-state index in [0.717, 1.165) is 89.2 Å². The van der Waals surface area contributed by atoms with Gasteiger partial charge in [-0.05, 0) is 87.4 Å². The van der Waals surface area contributed by atoms with Gasteiger partial charge >= 0.3 is 5.97 Å². The third-order valence-electron chi connectivity index (χ3n) is 8.85. The third-order valence-corrected chi connectivity index (χ3v) is 8.85. The van der Waals surface area contributed by atoms with Gasteiger partial charge in [0.2, 0.25) is 0 Å². The van der Waals surface area contributed by atoms with Gasteiger partial charge < -0.3 is 29.7 Å². The van der Waals surface area contributed by atoms with E-state index in [1.165, 1.54) is 23.4 Å². The molecule has 1 aromatic carbocycles. The Bertz CT molecular complexity index is 1140. The Morgan fingerprint density at radius 2 is 2.18 bits per heavy atom. The van der Waals surface area contributed by atoms with E-state index in [0.29, 0.717) is 18.8 Å². The van der Waals surface area contributed by atoms with Crippen LogP contribution in [0.4, 0.5) is 11.5 Å². The van der Waals surface area contributed by atoms with Crippen molar-refractivity contribution in [2.45, 2.75) is 75.5 Å². The summed E-state index contributed by atoms with van der Waals surface area (Å²) in [4.78, 5) is 21.5. The molecule has 3 saturated heterocycles. The number of piperidine rings is 1. The molecule has 4 atom stereocenters. The number of aliphatic carboxylic acids is 1. The highest BCUT2D eigenvalue weighted by molar-refractivity contribution is 5.68. The largest absolute Gasteiger partial charge is 0.481 e. The fraction of sp³-hybridized carbons (Fsp3) is 0.613. The molecule has 0 amide bonds. The van der Waals surface area contributed by atoms with E-state index >= 15 is 0 Å². The summed E-state index contributed by atoms with van der Waals surface area (Å²) in [5, 5.41) is 13.1. The van der Waals surface area contributed by atoms with Gasteiger partial charge in [-0.3, -0.25) is 4.79 Å². The zero-order valence-electron chi connectivity index (χ0n) is 22.9. The average Bonchev–Trinajstić information content (AvgIpc) is 3.60. The van der Waals surface area contributed by atoms with E-state index in [-0.39, 0.29) is 18.4 Å². The Morgan fingerprint density at radius 1 is 1.23 bits per heavy atom. The number of carbonyl (C=O) groups is 1. The molecule has 0 aliphatic carbocycles. The molecule has 0 spiro atoms. The molecule has 0 radical (unpaired) electrons. The van der Waals surface area contributed by atoms with E-state index in [4.69, 9.17) is 14.5 Å². The molecule has 5 heterocycles. The van der Waals surface area contributed by atoms with Crippen LogP contribution in [-0.4, -0.2) is 85.1 Å². The number of fused-ring (bicyclic) bond motifs is 3. The van der Waals surface area contributed by atoms with Crippen molar-refractivity contribution in [1.29, 1.82) is 0 Å². The second kappa shape index (κ2) is 12.2. The van der Waals surface area contributed by atoms with Gasteiger partial charge in [0.25, 0.3) is 0 Å². The van der Waals surface area contributed by atoms with E-state index in [1.54, 1.807) is 0 Å². The number of carboxylic acids is 1. The molecule has 0 saturated carbocycles. The number of aromatic nitrogens is 1. The molecule has 2 aromatic rings. The molecule has 2 bridgehead atoms. The van der Waals surface area contributed by atoms with E-state index < -0.39 is 5.97 Å². The minimum Gasteiger partial charge on any atom is -0.481 e. The molecule has 2 N–H and O–H groups in total. The van der Waals surface area contributed by atoms with Crippen LogP contribution in [-0.2, 0) is 27.1 Å². The van der Waals surface area contributed by atoms with Gasteiger partial charge in [-0.15, -0.1) is 0 Å². The monoisotopic (exact) mass is 534 g/mol. The molecule has 8 heteroatoms. The second-order valence-electron chi connectivity index (χ2n) is 11.7. The normalized spacial score (nSPS) is 25.3. The maximum Gasteiger partial charge on any atom is 0.304 e. The maximum absolute atomic E-state index is 11.7. The second-order valence-corrected chi connectivity index (χ2v) is 11.7. The molecule has 4 aliphatic heterocycles. The molecule has 6 rings (SSSR count). The lowest BCUT2D eigenvalue weighted by molar-refractivity contribution is -0.138. The van der Waals surface area contributed by atoms with Crippen LogP contribution in [0, 0.1) is 0 Å². The minimum absolute atomic E-state index is 0.0810. The highest BCUT2D eigenvalue weighted by atomic mass is 16.5. The number of nitrogens with one attached hydrogen (secondary N) is 1. The summed E-state index contributed by atoms with van der Waals surface area (Å²) >= 11 is 0. The number of aryl methyl sites for hydroxylation is 2. The topological polar surface area (TPSA) is 87.2 Å². The van der Waals surface area contributed by atoms with Crippen molar-refractivity contribution >= 4 is 17.5 Å². The van der Waals surface area contributed by atoms with Crippen molar-refractivity contribution < 1.29 is 19.4 Å². The van der Waals surface area contributed by atoms with Gasteiger partial charge in [0, 0.05) is 36.9 Å². The van der Waals surface area contributed by atoms with Crippen LogP contribution in [0.3, 0.4) is 0 Å². The zero-order chi connectivity index (χ0) is 26.6.